The minimum absolute atomic E-state index is 0.0768. The molecule has 0 aliphatic carbocycles. The number of aromatic nitrogens is 1. The van der Waals surface area contributed by atoms with Crippen molar-refractivity contribution in [1.82, 2.24) is 4.98 Å². The lowest BCUT2D eigenvalue weighted by atomic mass is 10.3. The van der Waals surface area contributed by atoms with E-state index in [4.69, 9.17) is 27.6 Å². The lowest BCUT2D eigenvalue weighted by molar-refractivity contribution is 0.558. The quantitative estimate of drug-likeness (QED) is 0.769. The Labute approximate surface area is 124 Å². The molecule has 0 fully saturated rings. The molecule has 1 heterocycles. The van der Waals surface area contributed by atoms with Gasteiger partial charge in [0.1, 0.15) is 5.52 Å². The maximum Gasteiger partial charge on any atom is 0.379 e. The summed E-state index contributed by atoms with van der Waals surface area (Å²) in [6.45, 7) is 0. The van der Waals surface area contributed by atoms with Crippen LogP contribution in [0.3, 0.4) is 0 Å². The maximum absolute atomic E-state index is 11.9. The van der Waals surface area contributed by atoms with Gasteiger partial charge in [-0.25, -0.2) is 9.78 Å². The third kappa shape index (κ3) is 2.48. The van der Waals surface area contributed by atoms with Crippen molar-refractivity contribution in [1.29, 1.82) is 0 Å². The third-order valence-electron chi connectivity index (χ3n) is 2.68. The first-order valence-corrected chi connectivity index (χ1v) is 6.51. The zero-order chi connectivity index (χ0) is 14.1. The fraction of sp³-hybridized carbons (Fsp3) is 0. The zero-order valence-electron chi connectivity index (χ0n) is 10.1. The first kappa shape index (κ1) is 13.0. The predicted molar refractivity (Wildman–Crippen MR) is 80.0 cm³/mol. The number of benzene rings is 2. The molecule has 0 radical (unpaired) electrons. The van der Waals surface area contributed by atoms with Gasteiger partial charge in [0, 0.05) is 5.02 Å². The van der Waals surface area contributed by atoms with Gasteiger partial charge in [-0.05, 0) is 30.3 Å². The number of fused-ring (bicyclic) bond motifs is 1. The van der Waals surface area contributed by atoms with Gasteiger partial charge in [-0.3, -0.25) is 0 Å². The Kier molecular flexibility index (Phi) is 3.34. The van der Waals surface area contributed by atoms with Gasteiger partial charge >= 0.3 is 5.63 Å². The van der Waals surface area contributed by atoms with Crippen LogP contribution in [0.4, 0.5) is 11.5 Å². The summed E-state index contributed by atoms with van der Waals surface area (Å²) in [4.78, 5) is 16.1. The summed E-state index contributed by atoms with van der Waals surface area (Å²) in [5.41, 5.74) is 0.991. The minimum Gasteiger partial charge on any atom is -0.418 e. The molecule has 1 N–H and O–H groups in total. The average molecular weight is 307 g/mol. The van der Waals surface area contributed by atoms with Crippen molar-refractivity contribution in [2.45, 2.75) is 0 Å². The lowest BCUT2D eigenvalue weighted by Crippen LogP contribution is -2.09. The van der Waals surface area contributed by atoms with Crippen LogP contribution in [-0.4, -0.2) is 4.98 Å². The van der Waals surface area contributed by atoms with Crippen LogP contribution >= 0.6 is 23.2 Å². The predicted octanol–water partition coefficient (Wildman–Crippen LogP) is 4.24. The standard InChI is InChI=1S/C14H8Cl2N2O2/c15-8-5-6-10(9(16)7-8)17-13-14(19)20-12-4-2-1-3-11(12)18-13/h1-7H,(H,17,18). The highest BCUT2D eigenvalue weighted by Crippen LogP contribution is 2.27. The summed E-state index contributed by atoms with van der Waals surface area (Å²) in [6.07, 6.45) is 0. The second-order valence-electron chi connectivity index (χ2n) is 4.07. The van der Waals surface area contributed by atoms with E-state index in [0.717, 1.165) is 0 Å². The molecule has 0 saturated carbocycles. The molecule has 0 amide bonds. The first-order valence-electron chi connectivity index (χ1n) is 5.75. The summed E-state index contributed by atoms with van der Waals surface area (Å²) in [7, 11) is 0. The highest BCUT2D eigenvalue weighted by atomic mass is 35.5. The summed E-state index contributed by atoms with van der Waals surface area (Å²) >= 11 is 11.9. The number of nitrogens with zero attached hydrogens (tertiary/aromatic N) is 1. The molecule has 0 bridgehead atoms. The first-order chi connectivity index (χ1) is 9.63. The van der Waals surface area contributed by atoms with Gasteiger partial charge in [-0.2, -0.15) is 0 Å². The van der Waals surface area contributed by atoms with E-state index in [-0.39, 0.29) is 5.82 Å². The molecule has 0 saturated heterocycles. The Balaban J connectivity index is 2.06. The van der Waals surface area contributed by atoms with Crippen molar-refractivity contribution in [2.75, 3.05) is 5.32 Å². The van der Waals surface area contributed by atoms with Gasteiger partial charge in [-0.1, -0.05) is 35.3 Å². The van der Waals surface area contributed by atoms with Crippen LogP contribution in [0.1, 0.15) is 0 Å². The Morgan fingerprint density at radius 1 is 1.10 bits per heavy atom. The second-order valence-corrected chi connectivity index (χ2v) is 4.91. The number of para-hydroxylation sites is 2. The van der Waals surface area contributed by atoms with Crippen LogP contribution in [0.5, 0.6) is 0 Å². The van der Waals surface area contributed by atoms with Gasteiger partial charge in [0.15, 0.2) is 5.58 Å². The molecular weight excluding hydrogens is 299 g/mol. The van der Waals surface area contributed by atoms with Crippen LogP contribution in [0, 0.1) is 0 Å². The molecule has 0 aliphatic rings. The summed E-state index contributed by atoms with van der Waals surface area (Å²) in [5, 5.41) is 3.76. The molecule has 1 aromatic heterocycles. The second kappa shape index (κ2) is 5.15. The molecule has 100 valence electrons. The Hall–Kier alpha value is -2.04. The van der Waals surface area contributed by atoms with Gasteiger partial charge < -0.3 is 9.73 Å². The van der Waals surface area contributed by atoms with Crippen LogP contribution in [0.25, 0.3) is 11.1 Å². The largest absolute Gasteiger partial charge is 0.418 e. The van der Waals surface area contributed by atoms with E-state index in [1.54, 1.807) is 36.4 Å². The van der Waals surface area contributed by atoms with Gasteiger partial charge in [0.25, 0.3) is 0 Å². The van der Waals surface area contributed by atoms with E-state index in [9.17, 15) is 4.79 Å². The van der Waals surface area contributed by atoms with E-state index in [1.165, 1.54) is 0 Å². The number of hydrogen-bond acceptors (Lipinski definition) is 4. The van der Waals surface area contributed by atoms with Crippen LogP contribution in [0.15, 0.2) is 51.7 Å². The number of nitrogens with one attached hydrogen (secondary N) is 1. The minimum atomic E-state index is -0.560. The number of halogens is 2. The topological polar surface area (TPSA) is 55.1 Å². The number of anilines is 2. The Morgan fingerprint density at radius 3 is 2.70 bits per heavy atom. The molecular formula is C14H8Cl2N2O2. The van der Waals surface area contributed by atoms with Crippen LogP contribution in [0.2, 0.25) is 10.0 Å². The molecule has 0 unspecified atom stereocenters. The zero-order valence-corrected chi connectivity index (χ0v) is 11.6. The van der Waals surface area contributed by atoms with Gasteiger partial charge in [-0.15, -0.1) is 0 Å². The van der Waals surface area contributed by atoms with E-state index >= 15 is 0 Å². The molecule has 4 nitrogen and oxygen atoms in total. The van der Waals surface area contributed by atoms with Crippen LogP contribution < -0.4 is 10.9 Å². The maximum atomic E-state index is 11.9. The van der Waals surface area contributed by atoms with Crippen molar-refractivity contribution in [3.05, 3.63) is 62.9 Å². The summed E-state index contributed by atoms with van der Waals surface area (Å²) in [5.74, 6) is 0.0768. The van der Waals surface area contributed by atoms with Gasteiger partial charge in [0.2, 0.25) is 5.82 Å². The van der Waals surface area contributed by atoms with Gasteiger partial charge in [0.05, 0.1) is 10.7 Å². The van der Waals surface area contributed by atoms with Crippen LogP contribution in [-0.2, 0) is 0 Å². The summed E-state index contributed by atoms with van der Waals surface area (Å²) < 4.78 is 5.18. The molecule has 20 heavy (non-hydrogen) atoms. The molecule has 0 aliphatic heterocycles. The van der Waals surface area contributed by atoms with E-state index < -0.39 is 5.63 Å². The SMILES string of the molecule is O=c1oc2ccccc2nc1Nc1ccc(Cl)cc1Cl. The third-order valence-corrected chi connectivity index (χ3v) is 3.23. The highest BCUT2D eigenvalue weighted by molar-refractivity contribution is 6.36. The monoisotopic (exact) mass is 306 g/mol. The lowest BCUT2D eigenvalue weighted by Gasteiger charge is -2.07. The normalized spacial score (nSPS) is 10.7. The Bertz CT molecular complexity index is 846. The average Bonchev–Trinajstić information content (AvgIpc) is 2.42. The molecule has 6 heteroatoms. The number of hydrogen-bond donors (Lipinski definition) is 1. The van der Waals surface area contributed by atoms with Crippen molar-refractivity contribution in [2.24, 2.45) is 0 Å². The summed E-state index contributed by atoms with van der Waals surface area (Å²) in [6, 6.07) is 11.9. The fourth-order valence-corrected chi connectivity index (χ4v) is 2.20. The molecule has 2 aromatic carbocycles. The molecule has 3 aromatic rings. The smallest absolute Gasteiger partial charge is 0.379 e. The number of rotatable bonds is 2. The molecule has 3 rings (SSSR count). The van der Waals surface area contributed by atoms with E-state index in [0.29, 0.717) is 26.8 Å². The van der Waals surface area contributed by atoms with E-state index in [2.05, 4.69) is 10.3 Å². The van der Waals surface area contributed by atoms with Crippen molar-refractivity contribution < 1.29 is 4.42 Å². The van der Waals surface area contributed by atoms with E-state index in [1.807, 2.05) is 6.07 Å². The molecule has 0 atom stereocenters. The molecule has 0 spiro atoms. The van der Waals surface area contributed by atoms with Crippen molar-refractivity contribution in [3.63, 3.8) is 0 Å². The highest BCUT2D eigenvalue weighted by Gasteiger charge is 2.09. The van der Waals surface area contributed by atoms with Crippen molar-refractivity contribution >= 4 is 45.8 Å². The Morgan fingerprint density at radius 2 is 1.90 bits per heavy atom. The van der Waals surface area contributed by atoms with Crippen molar-refractivity contribution in [3.8, 4) is 0 Å². The fourth-order valence-electron chi connectivity index (χ4n) is 1.75.